The molecule has 0 aliphatic rings. The minimum absolute atomic E-state index is 0.0501. The number of halogens is 1. The Morgan fingerprint density at radius 2 is 1.40 bits per heavy atom. The number of rotatable bonds is 11. The highest BCUT2D eigenvalue weighted by atomic mass is 35.5. The van der Waals surface area contributed by atoms with Gasteiger partial charge in [-0.2, -0.15) is 0 Å². The maximum atomic E-state index is 12.5. The lowest BCUT2D eigenvalue weighted by Gasteiger charge is -2.19. The summed E-state index contributed by atoms with van der Waals surface area (Å²) < 4.78 is 2.31. The topological polar surface area (TPSA) is 42.3 Å². The molecule has 5 heteroatoms. The molecule has 2 aromatic carbocycles. The van der Waals surface area contributed by atoms with Gasteiger partial charge in [-0.05, 0) is 55.9 Å². The lowest BCUT2D eigenvalue weighted by molar-refractivity contribution is 0.0976. The zero-order chi connectivity index (χ0) is 21.7. The first-order chi connectivity index (χ1) is 14.5. The van der Waals surface area contributed by atoms with Crippen LogP contribution in [0.15, 0.2) is 36.4 Å². The number of nitrogens with zero attached hydrogens (tertiary/aromatic N) is 2. The zero-order valence-corrected chi connectivity index (χ0v) is 19.0. The summed E-state index contributed by atoms with van der Waals surface area (Å²) in [5, 5.41) is 2.06. The van der Waals surface area contributed by atoms with Crippen molar-refractivity contribution >= 4 is 45.0 Å². The summed E-state index contributed by atoms with van der Waals surface area (Å²) in [7, 11) is 0. The van der Waals surface area contributed by atoms with Gasteiger partial charge >= 0.3 is 0 Å². The van der Waals surface area contributed by atoms with Gasteiger partial charge in [0, 0.05) is 64.7 Å². The molecule has 160 valence electrons. The van der Waals surface area contributed by atoms with Gasteiger partial charge in [-0.3, -0.25) is 9.59 Å². The lowest BCUT2D eigenvalue weighted by Crippen LogP contribution is -2.26. The van der Waals surface area contributed by atoms with Crippen molar-refractivity contribution in [3.63, 3.8) is 0 Å². The second kappa shape index (κ2) is 10.2. The van der Waals surface area contributed by atoms with Crippen LogP contribution in [0.4, 0.5) is 0 Å². The molecule has 0 fully saturated rings. The summed E-state index contributed by atoms with van der Waals surface area (Å²) in [4.78, 5) is 27.3. The molecule has 30 heavy (non-hydrogen) atoms. The Morgan fingerprint density at radius 3 is 1.87 bits per heavy atom. The van der Waals surface area contributed by atoms with Gasteiger partial charge in [-0.15, -0.1) is 11.6 Å². The molecule has 0 unspecified atom stereocenters. The summed E-state index contributed by atoms with van der Waals surface area (Å²) in [5.74, 6) is 0.532. The predicted molar refractivity (Wildman–Crippen MR) is 126 cm³/mol. The summed E-state index contributed by atoms with van der Waals surface area (Å²) in [6.07, 6.45) is 1.71. The average molecular weight is 427 g/mol. The summed E-state index contributed by atoms with van der Waals surface area (Å²) in [5.41, 5.74) is 3.62. The Morgan fingerprint density at radius 1 is 0.867 bits per heavy atom. The third-order valence-corrected chi connectivity index (χ3v) is 6.03. The molecule has 0 radical (unpaired) electrons. The predicted octanol–water partition coefficient (Wildman–Crippen LogP) is 5.93. The van der Waals surface area contributed by atoms with Crippen molar-refractivity contribution in [3.05, 3.63) is 47.5 Å². The van der Waals surface area contributed by atoms with Crippen LogP contribution >= 0.6 is 11.6 Å². The molecular weight excluding hydrogens is 396 g/mol. The molecule has 0 N–H and O–H groups in total. The fraction of sp³-hybridized carbons (Fsp3) is 0.440. The van der Waals surface area contributed by atoms with Gasteiger partial charge in [-0.1, -0.05) is 20.8 Å². The van der Waals surface area contributed by atoms with Crippen molar-refractivity contribution in [1.82, 2.24) is 9.47 Å². The summed E-state index contributed by atoms with van der Waals surface area (Å²) in [6.45, 7) is 10.2. The standard InChI is InChI=1S/C25H31ClN2O2/c1-4-7-24(29)18-8-10-22-20(16-18)21-17-19(25(30)12-13-26)9-11-23(21)28(22)15-14-27(5-2)6-3/h8-11,16-17H,4-7,12-15H2,1-3H3. The minimum Gasteiger partial charge on any atom is -0.339 e. The van der Waals surface area contributed by atoms with Gasteiger partial charge in [0.05, 0.1) is 0 Å². The number of ketones is 2. The van der Waals surface area contributed by atoms with E-state index in [1.807, 2.05) is 37.3 Å². The Hall–Kier alpha value is -2.17. The van der Waals surface area contributed by atoms with Crippen molar-refractivity contribution in [2.45, 2.75) is 46.6 Å². The summed E-state index contributed by atoms with van der Waals surface area (Å²) in [6, 6.07) is 11.9. The molecule has 0 saturated heterocycles. The number of Topliss-reactive ketones (excluding diaryl/α,β-unsaturated/α-hetero) is 2. The maximum Gasteiger partial charge on any atom is 0.164 e. The molecule has 0 saturated carbocycles. The van der Waals surface area contributed by atoms with Gasteiger partial charge in [0.15, 0.2) is 11.6 Å². The fourth-order valence-corrected chi connectivity index (χ4v) is 4.25. The molecule has 0 aliphatic heterocycles. The molecule has 1 heterocycles. The largest absolute Gasteiger partial charge is 0.339 e. The number of alkyl halides is 1. The molecule has 3 aromatic rings. The molecule has 0 bridgehead atoms. The van der Waals surface area contributed by atoms with E-state index in [0.29, 0.717) is 24.3 Å². The van der Waals surface area contributed by atoms with Crippen LogP contribution in [0.2, 0.25) is 0 Å². The van der Waals surface area contributed by atoms with Crippen LogP contribution in [-0.2, 0) is 6.54 Å². The molecule has 3 rings (SSSR count). The highest BCUT2D eigenvalue weighted by molar-refractivity contribution is 6.20. The highest BCUT2D eigenvalue weighted by Crippen LogP contribution is 2.31. The van der Waals surface area contributed by atoms with Crippen LogP contribution in [0.1, 0.15) is 60.7 Å². The number of aromatic nitrogens is 1. The first-order valence-corrected chi connectivity index (χ1v) is 11.5. The Kier molecular flexibility index (Phi) is 7.68. The molecule has 4 nitrogen and oxygen atoms in total. The third-order valence-electron chi connectivity index (χ3n) is 5.84. The first-order valence-electron chi connectivity index (χ1n) is 10.9. The molecule has 1 aromatic heterocycles. The molecule has 0 aliphatic carbocycles. The fourth-order valence-electron chi connectivity index (χ4n) is 4.07. The van der Waals surface area contributed by atoms with E-state index in [-0.39, 0.29) is 11.6 Å². The van der Waals surface area contributed by atoms with E-state index in [9.17, 15) is 9.59 Å². The van der Waals surface area contributed by atoms with E-state index < -0.39 is 0 Å². The van der Waals surface area contributed by atoms with Gasteiger partial charge in [-0.25, -0.2) is 0 Å². The molecule has 0 spiro atoms. The molecule has 0 atom stereocenters. The van der Waals surface area contributed by atoms with Crippen LogP contribution in [0.25, 0.3) is 21.8 Å². The smallest absolute Gasteiger partial charge is 0.164 e. The maximum absolute atomic E-state index is 12.5. The number of fused-ring (bicyclic) bond motifs is 3. The van der Waals surface area contributed by atoms with E-state index in [0.717, 1.165) is 60.0 Å². The van der Waals surface area contributed by atoms with Crippen molar-refractivity contribution in [3.8, 4) is 0 Å². The van der Waals surface area contributed by atoms with E-state index in [2.05, 4.69) is 29.4 Å². The SMILES string of the molecule is CCCC(=O)c1ccc2c(c1)c1cc(C(=O)CCCl)ccc1n2CCN(CC)CC. The number of benzene rings is 2. The number of carbonyl (C=O) groups excluding carboxylic acids is 2. The van der Waals surface area contributed by atoms with Gasteiger partial charge < -0.3 is 9.47 Å². The van der Waals surface area contributed by atoms with Gasteiger partial charge in [0.1, 0.15) is 0 Å². The first kappa shape index (κ1) is 22.5. The Bertz CT molecular complexity index is 975. The van der Waals surface area contributed by atoms with Crippen LogP contribution in [0.3, 0.4) is 0 Å². The minimum atomic E-state index is 0.0501. The van der Waals surface area contributed by atoms with Crippen molar-refractivity contribution in [1.29, 1.82) is 0 Å². The normalized spacial score (nSPS) is 11.6. The third kappa shape index (κ3) is 4.60. The number of likely N-dealkylation sites (N-methyl/N-ethyl adjacent to an activating group) is 1. The second-order valence-electron chi connectivity index (χ2n) is 7.68. The van der Waals surface area contributed by atoms with E-state index in [1.54, 1.807) is 0 Å². The summed E-state index contributed by atoms with van der Waals surface area (Å²) >= 11 is 5.78. The Balaban J connectivity index is 2.15. The monoisotopic (exact) mass is 426 g/mol. The van der Waals surface area contributed by atoms with E-state index >= 15 is 0 Å². The van der Waals surface area contributed by atoms with Crippen LogP contribution in [0, 0.1) is 0 Å². The van der Waals surface area contributed by atoms with Crippen molar-refractivity contribution in [2.75, 3.05) is 25.5 Å². The molecule has 0 amide bonds. The van der Waals surface area contributed by atoms with Crippen LogP contribution in [0.5, 0.6) is 0 Å². The van der Waals surface area contributed by atoms with Gasteiger partial charge in [0.2, 0.25) is 0 Å². The second-order valence-corrected chi connectivity index (χ2v) is 8.06. The Labute approximate surface area is 183 Å². The number of hydrogen-bond donors (Lipinski definition) is 0. The molecular formula is C25H31ClN2O2. The van der Waals surface area contributed by atoms with Crippen molar-refractivity contribution < 1.29 is 9.59 Å². The van der Waals surface area contributed by atoms with Crippen molar-refractivity contribution in [2.24, 2.45) is 0 Å². The highest BCUT2D eigenvalue weighted by Gasteiger charge is 2.16. The van der Waals surface area contributed by atoms with E-state index in [1.165, 1.54) is 0 Å². The zero-order valence-electron chi connectivity index (χ0n) is 18.2. The number of hydrogen-bond acceptors (Lipinski definition) is 3. The lowest BCUT2D eigenvalue weighted by atomic mass is 10.0. The quantitative estimate of drug-likeness (QED) is 0.282. The number of carbonyl (C=O) groups is 2. The average Bonchev–Trinajstić information content (AvgIpc) is 3.07. The van der Waals surface area contributed by atoms with E-state index in [4.69, 9.17) is 11.6 Å². The van der Waals surface area contributed by atoms with Crippen LogP contribution < -0.4 is 0 Å². The van der Waals surface area contributed by atoms with Crippen LogP contribution in [-0.4, -0.2) is 46.5 Å². The van der Waals surface area contributed by atoms with Gasteiger partial charge in [0.25, 0.3) is 0 Å².